The van der Waals surface area contributed by atoms with E-state index in [1.54, 1.807) is 7.11 Å². The number of halogens is 1. The van der Waals surface area contributed by atoms with Gasteiger partial charge in [0.05, 0.1) is 7.11 Å². The molecular weight excluding hydrogens is 304 g/mol. The van der Waals surface area contributed by atoms with Crippen molar-refractivity contribution < 1.29 is 9.47 Å². The molecule has 0 aliphatic rings. The number of rotatable bonds is 10. The summed E-state index contributed by atoms with van der Waals surface area (Å²) in [5.74, 6) is 1.55. The fourth-order valence-corrected chi connectivity index (χ4v) is 2.52. The Bertz CT molecular complexity index is 341. The monoisotopic (exact) mass is 328 g/mol. The summed E-state index contributed by atoms with van der Waals surface area (Å²) in [6.45, 7) is 3.94. The minimum absolute atomic E-state index is 0.619. The van der Waals surface area contributed by atoms with Crippen LogP contribution >= 0.6 is 15.9 Å². The predicted molar refractivity (Wildman–Crippen MR) is 84.3 cm³/mol. The van der Waals surface area contributed by atoms with Crippen molar-refractivity contribution in [2.45, 2.75) is 32.6 Å². The molecule has 1 atom stereocenters. The molecule has 2 nitrogen and oxygen atoms in total. The van der Waals surface area contributed by atoms with Crippen LogP contribution in [0.25, 0.3) is 0 Å². The lowest BCUT2D eigenvalue weighted by Crippen LogP contribution is -2.10. The molecule has 0 saturated heterocycles. The minimum Gasteiger partial charge on any atom is -0.497 e. The normalized spacial score (nSPS) is 12.4. The van der Waals surface area contributed by atoms with E-state index >= 15 is 0 Å². The van der Waals surface area contributed by atoms with E-state index in [9.17, 15) is 0 Å². The number of alkyl halides is 1. The van der Waals surface area contributed by atoms with Gasteiger partial charge in [-0.3, -0.25) is 0 Å². The molecule has 0 bridgehead atoms. The van der Waals surface area contributed by atoms with Crippen LogP contribution in [0.3, 0.4) is 0 Å². The van der Waals surface area contributed by atoms with Crippen LogP contribution in [0, 0.1) is 5.92 Å². The van der Waals surface area contributed by atoms with E-state index in [4.69, 9.17) is 9.47 Å². The summed E-state index contributed by atoms with van der Waals surface area (Å²) in [4.78, 5) is 0. The third kappa shape index (κ3) is 6.98. The maximum atomic E-state index is 5.64. The number of hydrogen-bond acceptors (Lipinski definition) is 2. The zero-order valence-corrected chi connectivity index (χ0v) is 13.6. The minimum atomic E-state index is 0.619. The van der Waals surface area contributed by atoms with Gasteiger partial charge in [0, 0.05) is 18.5 Å². The second-order valence-electron chi connectivity index (χ2n) is 4.83. The third-order valence-corrected chi connectivity index (χ3v) is 4.11. The standard InChI is InChI=1S/C16H25BrO2/c1-3-4-9-19-10-8-15(13-17)11-14-6-5-7-16(12-14)18-2/h5-7,12,15H,3-4,8-11,13H2,1-2H3. The molecule has 1 aromatic carbocycles. The highest BCUT2D eigenvalue weighted by molar-refractivity contribution is 9.09. The molecule has 108 valence electrons. The molecule has 0 spiro atoms. The van der Waals surface area contributed by atoms with E-state index in [1.165, 1.54) is 12.0 Å². The smallest absolute Gasteiger partial charge is 0.119 e. The van der Waals surface area contributed by atoms with Gasteiger partial charge >= 0.3 is 0 Å². The molecule has 0 N–H and O–H groups in total. The molecular formula is C16H25BrO2. The number of hydrogen-bond donors (Lipinski definition) is 0. The van der Waals surface area contributed by atoms with Crippen molar-refractivity contribution in [2.75, 3.05) is 25.7 Å². The summed E-state index contributed by atoms with van der Waals surface area (Å²) in [6, 6.07) is 8.32. The summed E-state index contributed by atoms with van der Waals surface area (Å²) in [5, 5.41) is 1.02. The largest absolute Gasteiger partial charge is 0.497 e. The van der Waals surface area contributed by atoms with Crippen molar-refractivity contribution in [2.24, 2.45) is 5.92 Å². The number of ether oxygens (including phenoxy) is 2. The predicted octanol–water partition coefficient (Wildman–Crippen LogP) is 4.46. The Balaban J connectivity index is 2.34. The summed E-state index contributed by atoms with van der Waals surface area (Å²) < 4.78 is 10.9. The van der Waals surface area contributed by atoms with E-state index in [0.717, 1.165) is 43.6 Å². The first-order chi connectivity index (χ1) is 9.30. The second kappa shape index (κ2) is 10.3. The van der Waals surface area contributed by atoms with Crippen molar-refractivity contribution in [3.8, 4) is 5.75 Å². The molecule has 1 aromatic rings. The highest BCUT2D eigenvalue weighted by atomic mass is 79.9. The third-order valence-electron chi connectivity index (χ3n) is 3.19. The maximum Gasteiger partial charge on any atom is 0.119 e. The summed E-state index contributed by atoms with van der Waals surface area (Å²) >= 11 is 3.60. The Labute approximate surface area is 125 Å². The van der Waals surface area contributed by atoms with Gasteiger partial charge in [-0.1, -0.05) is 41.4 Å². The van der Waals surface area contributed by atoms with Crippen molar-refractivity contribution >= 4 is 15.9 Å². The Morgan fingerprint density at radius 1 is 1.26 bits per heavy atom. The Morgan fingerprint density at radius 2 is 2.11 bits per heavy atom. The SMILES string of the molecule is CCCCOCCC(CBr)Cc1cccc(OC)c1. The zero-order chi connectivity index (χ0) is 13.9. The van der Waals surface area contributed by atoms with Gasteiger partial charge in [0.25, 0.3) is 0 Å². The molecule has 0 aliphatic heterocycles. The molecule has 1 rings (SSSR count). The molecule has 0 heterocycles. The summed E-state index contributed by atoms with van der Waals surface area (Å²) in [5.41, 5.74) is 1.33. The van der Waals surface area contributed by atoms with Gasteiger partial charge in [-0.05, 0) is 42.9 Å². The summed E-state index contributed by atoms with van der Waals surface area (Å²) in [7, 11) is 1.71. The first kappa shape index (κ1) is 16.5. The average Bonchev–Trinajstić information content (AvgIpc) is 2.46. The van der Waals surface area contributed by atoms with Crippen LogP contribution in [0.5, 0.6) is 5.75 Å². The summed E-state index contributed by atoms with van der Waals surface area (Å²) in [6.07, 6.45) is 4.53. The van der Waals surface area contributed by atoms with Gasteiger partial charge in [-0.15, -0.1) is 0 Å². The molecule has 19 heavy (non-hydrogen) atoms. The number of unbranched alkanes of at least 4 members (excludes halogenated alkanes) is 1. The molecule has 1 unspecified atom stereocenters. The van der Waals surface area contributed by atoms with Gasteiger partial charge in [-0.25, -0.2) is 0 Å². The average molecular weight is 329 g/mol. The quantitative estimate of drug-likeness (QED) is 0.466. The van der Waals surface area contributed by atoms with Crippen molar-refractivity contribution in [1.82, 2.24) is 0 Å². The maximum absolute atomic E-state index is 5.64. The van der Waals surface area contributed by atoms with Crippen molar-refractivity contribution in [1.29, 1.82) is 0 Å². The van der Waals surface area contributed by atoms with E-state index in [0.29, 0.717) is 5.92 Å². The van der Waals surface area contributed by atoms with Gasteiger partial charge in [0.2, 0.25) is 0 Å². The van der Waals surface area contributed by atoms with Crippen LogP contribution in [0.1, 0.15) is 31.7 Å². The molecule has 0 aliphatic carbocycles. The van der Waals surface area contributed by atoms with E-state index < -0.39 is 0 Å². The molecule has 0 saturated carbocycles. The molecule has 0 radical (unpaired) electrons. The van der Waals surface area contributed by atoms with Crippen LogP contribution in [-0.2, 0) is 11.2 Å². The second-order valence-corrected chi connectivity index (χ2v) is 5.48. The lowest BCUT2D eigenvalue weighted by molar-refractivity contribution is 0.120. The van der Waals surface area contributed by atoms with Crippen molar-refractivity contribution in [3.63, 3.8) is 0 Å². The Hall–Kier alpha value is -0.540. The Morgan fingerprint density at radius 3 is 2.79 bits per heavy atom. The van der Waals surface area contributed by atoms with Gasteiger partial charge in [0.15, 0.2) is 0 Å². The fraction of sp³-hybridized carbons (Fsp3) is 0.625. The Kier molecular flexibility index (Phi) is 8.93. The highest BCUT2D eigenvalue weighted by Gasteiger charge is 2.09. The van der Waals surface area contributed by atoms with Crippen LogP contribution in [-0.4, -0.2) is 25.7 Å². The fourth-order valence-electron chi connectivity index (χ4n) is 1.96. The number of methoxy groups -OCH3 is 1. The zero-order valence-electron chi connectivity index (χ0n) is 12.0. The van der Waals surface area contributed by atoms with Crippen LogP contribution in [0.15, 0.2) is 24.3 Å². The molecule has 0 amide bonds. The van der Waals surface area contributed by atoms with Gasteiger partial charge < -0.3 is 9.47 Å². The topological polar surface area (TPSA) is 18.5 Å². The van der Waals surface area contributed by atoms with E-state index in [1.807, 2.05) is 6.07 Å². The van der Waals surface area contributed by atoms with Crippen LogP contribution in [0.2, 0.25) is 0 Å². The van der Waals surface area contributed by atoms with Gasteiger partial charge in [-0.2, -0.15) is 0 Å². The lowest BCUT2D eigenvalue weighted by atomic mass is 9.98. The first-order valence-corrected chi connectivity index (χ1v) is 8.19. The molecule has 3 heteroatoms. The van der Waals surface area contributed by atoms with Crippen LogP contribution < -0.4 is 4.74 Å². The van der Waals surface area contributed by atoms with E-state index in [-0.39, 0.29) is 0 Å². The highest BCUT2D eigenvalue weighted by Crippen LogP contribution is 2.19. The van der Waals surface area contributed by atoms with E-state index in [2.05, 4.69) is 41.1 Å². The lowest BCUT2D eigenvalue weighted by Gasteiger charge is -2.14. The van der Waals surface area contributed by atoms with Crippen molar-refractivity contribution in [3.05, 3.63) is 29.8 Å². The molecule has 0 aromatic heterocycles. The first-order valence-electron chi connectivity index (χ1n) is 7.06. The van der Waals surface area contributed by atoms with Crippen LogP contribution in [0.4, 0.5) is 0 Å². The molecule has 0 fully saturated rings. The van der Waals surface area contributed by atoms with Gasteiger partial charge in [0.1, 0.15) is 5.75 Å². The number of benzene rings is 1.